The van der Waals surface area contributed by atoms with Gasteiger partial charge in [0.15, 0.2) is 0 Å². The Morgan fingerprint density at radius 1 is 1.33 bits per heavy atom. The highest BCUT2D eigenvalue weighted by atomic mass is 32.1. The fourth-order valence-corrected chi connectivity index (χ4v) is 1.96. The van der Waals surface area contributed by atoms with Crippen LogP contribution in [-0.4, -0.2) is 11.4 Å². The smallest absolute Gasteiger partial charge is 0.0734 e. The van der Waals surface area contributed by atoms with E-state index >= 15 is 0 Å². The van der Waals surface area contributed by atoms with Gasteiger partial charge in [-0.25, -0.2) is 0 Å². The van der Waals surface area contributed by atoms with Crippen LogP contribution >= 0.6 is 11.3 Å². The van der Waals surface area contributed by atoms with Gasteiger partial charge in [0.05, 0.1) is 6.21 Å². The molecule has 0 saturated heterocycles. The van der Waals surface area contributed by atoms with Crippen LogP contribution in [-0.2, 0) is 0 Å². The van der Waals surface area contributed by atoms with E-state index in [9.17, 15) is 0 Å². The maximum atomic E-state index is 8.32. The van der Waals surface area contributed by atoms with Crippen molar-refractivity contribution in [2.24, 2.45) is 5.16 Å². The summed E-state index contributed by atoms with van der Waals surface area (Å²) in [5.74, 6) is 0. The van der Waals surface area contributed by atoms with Gasteiger partial charge in [-0.3, -0.25) is 0 Å². The van der Waals surface area contributed by atoms with E-state index in [0.717, 1.165) is 5.56 Å². The van der Waals surface area contributed by atoms with Crippen molar-refractivity contribution in [2.45, 2.75) is 0 Å². The Bertz CT molecular complexity index is 419. The minimum Gasteiger partial charge on any atom is -0.411 e. The Morgan fingerprint density at radius 2 is 2.25 bits per heavy atom. The van der Waals surface area contributed by atoms with Crippen LogP contribution in [0.4, 0.5) is 0 Å². The quantitative estimate of drug-likeness (QED) is 0.405. The molecule has 1 aromatic heterocycles. The van der Waals surface area contributed by atoms with Gasteiger partial charge >= 0.3 is 0 Å². The molecule has 60 valence electrons. The van der Waals surface area contributed by atoms with E-state index in [1.54, 1.807) is 11.3 Å². The minimum absolute atomic E-state index is 0.924. The molecule has 0 bridgehead atoms. The van der Waals surface area contributed by atoms with E-state index in [4.69, 9.17) is 5.21 Å². The first-order valence-electron chi connectivity index (χ1n) is 3.55. The SMILES string of the molecule is O/N=C/c1ccc2ccsc2c1. The molecule has 0 radical (unpaired) electrons. The van der Waals surface area contributed by atoms with E-state index in [2.05, 4.69) is 11.2 Å². The topological polar surface area (TPSA) is 32.6 Å². The summed E-state index contributed by atoms with van der Waals surface area (Å²) >= 11 is 1.68. The van der Waals surface area contributed by atoms with E-state index in [0.29, 0.717) is 0 Å². The van der Waals surface area contributed by atoms with E-state index in [1.807, 2.05) is 23.6 Å². The number of benzene rings is 1. The van der Waals surface area contributed by atoms with Crippen LogP contribution in [0.1, 0.15) is 5.56 Å². The van der Waals surface area contributed by atoms with Gasteiger partial charge < -0.3 is 5.21 Å². The van der Waals surface area contributed by atoms with Crippen molar-refractivity contribution in [2.75, 3.05) is 0 Å². The summed E-state index contributed by atoms with van der Waals surface area (Å²) in [6.45, 7) is 0. The van der Waals surface area contributed by atoms with Gasteiger partial charge in [-0.1, -0.05) is 17.3 Å². The predicted molar refractivity (Wildman–Crippen MR) is 51.2 cm³/mol. The summed E-state index contributed by atoms with van der Waals surface area (Å²) in [6.07, 6.45) is 1.43. The molecule has 2 rings (SSSR count). The number of nitrogens with zero attached hydrogens (tertiary/aromatic N) is 1. The largest absolute Gasteiger partial charge is 0.411 e. The number of hydrogen-bond acceptors (Lipinski definition) is 3. The van der Waals surface area contributed by atoms with Crippen LogP contribution < -0.4 is 0 Å². The molecular formula is C9H7NOS. The Labute approximate surface area is 73.8 Å². The van der Waals surface area contributed by atoms with Crippen molar-refractivity contribution in [3.05, 3.63) is 35.2 Å². The summed E-state index contributed by atoms with van der Waals surface area (Å²) in [5.41, 5.74) is 0.924. The fraction of sp³-hybridized carbons (Fsp3) is 0. The van der Waals surface area contributed by atoms with Crippen LogP contribution in [0.25, 0.3) is 10.1 Å². The first kappa shape index (κ1) is 7.31. The standard InChI is InChI=1S/C9H7NOS/c11-10-6-7-1-2-8-3-4-12-9(8)5-7/h1-6,11H/b10-6+. The molecule has 0 atom stereocenters. The molecule has 0 spiro atoms. The van der Waals surface area contributed by atoms with Crippen LogP contribution in [0.15, 0.2) is 34.8 Å². The number of thiophene rings is 1. The first-order valence-corrected chi connectivity index (χ1v) is 4.43. The number of hydrogen-bond donors (Lipinski definition) is 1. The summed E-state index contributed by atoms with van der Waals surface area (Å²) < 4.78 is 1.22. The van der Waals surface area contributed by atoms with Crippen molar-refractivity contribution < 1.29 is 5.21 Å². The number of oxime groups is 1. The Morgan fingerprint density at radius 3 is 3.08 bits per heavy atom. The van der Waals surface area contributed by atoms with Crippen LogP contribution in [0.3, 0.4) is 0 Å². The maximum Gasteiger partial charge on any atom is 0.0734 e. The van der Waals surface area contributed by atoms with Gasteiger partial charge in [0.1, 0.15) is 0 Å². The molecule has 0 unspecified atom stereocenters. The molecule has 0 aliphatic rings. The Kier molecular flexibility index (Phi) is 1.80. The third-order valence-corrected chi connectivity index (χ3v) is 2.57. The third kappa shape index (κ3) is 1.19. The number of fused-ring (bicyclic) bond motifs is 1. The van der Waals surface area contributed by atoms with Crippen molar-refractivity contribution in [3.8, 4) is 0 Å². The Hall–Kier alpha value is -1.35. The predicted octanol–water partition coefficient (Wildman–Crippen LogP) is 2.71. The third-order valence-electron chi connectivity index (χ3n) is 1.69. The van der Waals surface area contributed by atoms with Crippen molar-refractivity contribution in [1.82, 2.24) is 0 Å². The zero-order valence-corrected chi connectivity index (χ0v) is 7.08. The van der Waals surface area contributed by atoms with Gasteiger partial charge in [0, 0.05) is 4.70 Å². The first-order chi connectivity index (χ1) is 5.90. The summed E-state index contributed by atoms with van der Waals surface area (Å²) in [7, 11) is 0. The highest BCUT2D eigenvalue weighted by Gasteiger charge is 1.94. The minimum atomic E-state index is 0.924. The van der Waals surface area contributed by atoms with E-state index < -0.39 is 0 Å². The van der Waals surface area contributed by atoms with Gasteiger partial charge in [-0.05, 0) is 28.5 Å². The molecule has 1 N–H and O–H groups in total. The normalized spacial score (nSPS) is 11.3. The second-order valence-electron chi connectivity index (χ2n) is 2.46. The second kappa shape index (κ2) is 2.95. The second-order valence-corrected chi connectivity index (χ2v) is 3.41. The van der Waals surface area contributed by atoms with Crippen molar-refractivity contribution >= 4 is 27.6 Å². The monoisotopic (exact) mass is 177 g/mol. The van der Waals surface area contributed by atoms with Crippen LogP contribution in [0, 0.1) is 0 Å². The zero-order chi connectivity index (χ0) is 8.39. The van der Waals surface area contributed by atoms with Gasteiger partial charge in [-0.2, -0.15) is 0 Å². The highest BCUT2D eigenvalue weighted by Crippen LogP contribution is 2.20. The lowest BCUT2D eigenvalue weighted by Gasteiger charge is -1.91. The lowest BCUT2D eigenvalue weighted by atomic mass is 10.2. The molecular weight excluding hydrogens is 170 g/mol. The van der Waals surface area contributed by atoms with Gasteiger partial charge in [0.25, 0.3) is 0 Å². The molecule has 2 aromatic rings. The molecule has 0 fully saturated rings. The Balaban J connectivity index is 2.60. The molecule has 2 nitrogen and oxygen atoms in total. The summed E-state index contributed by atoms with van der Waals surface area (Å²) in [4.78, 5) is 0. The van der Waals surface area contributed by atoms with Gasteiger partial charge in [0.2, 0.25) is 0 Å². The lowest BCUT2D eigenvalue weighted by molar-refractivity contribution is 0.322. The molecule has 12 heavy (non-hydrogen) atoms. The average Bonchev–Trinajstić information content (AvgIpc) is 2.51. The average molecular weight is 177 g/mol. The molecule has 0 aliphatic heterocycles. The molecule has 0 amide bonds. The molecule has 0 saturated carbocycles. The lowest BCUT2D eigenvalue weighted by Crippen LogP contribution is -1.77. The van der Waals surface area contributed by atoms with E-state index in [1.165, 1.54) is 16.3 Å². The van der Waals surface area contributed by atoms with Crippen molar-refractivity contribution in [1.29, 1.82) is 0 Å². The van der Waals surface area contributed by atoms with Crippen LogP contribution in [0.5, 0.6) is 0 Å². The van der Waals surface area contributed by atoms with Crippen LogP contribution in [0.2, 0.25) is 0 Å². The number of rotatable bonds is 1. The molecule has 0 aliphatic carbocycles. The highest BCUT2D eigenvalue weighted by molar-refractivity contribution is 7.17. The van der Waals surface area contributed by atoms with E-state index in [-0.39, 0.29) is 0 Å². The summed E-state index contributed by atoms with van der Waals surface area (Å²) in [6, 6.07) is 8.01. The van der Waals surface area contributed by atoms with Gasteiger partial charge in [-0.15, -0.1) is 11.3 Å². The zero-order valence-electron chi connectivity index (χ0n) is 6.27. The molecule has 1 heterocycles. The maximum absolute atomic E-state index is 8.32. The van der Waals surface area contributed by atoms with Crippen molar-refractivity contribution in [3.63, 3.8) is 0 Å². The molecule has 1 aromatic carbocycles. The summed E-state index contributed by atoms with van der Waals surface area (Å²) in [5, 5.41) is 14.6. The fourth-order valence-electron chi connectivity index (χ4n) is 1.12. The molecule has 3 heteroatoms.